The molecule has 0 atom stereocenters. The number of nitrogens with one attached hydrogen (secondary N) is 1. The summed E-state index contributed by atoms with van der Waals surface area (Å²) in [7, 11) is 0. The maximum Gasteiger partial charge on any atom is 0.321 e. The predicted molar refractivity (Wildman–Crippen MR) is 99.7 cm³/mol. The van der Waals surface area contributed by atoms with Crippen LogP contribution in [0.4, 0.5) is 10.5 Å². The van der Waals surface area contributed by atoms with Gasteiger partial charge in [0.05, 0.1) is 12.7 Å². The third kappa shape index (κ3) is 4.86. The average molecular weight is 341 g/mol. The van der Waals surface area contributed by atoms with Crippen LogP contribution in [0.15, 0.2) is 48.8 Å². The fourth-order valence-corrected chi connectivity index (χ4v) is 3.16. The Hall–Kier alpha value is -2.27. The van der Waals surface area contributed by atoms with E-state index in [1.165, 1.54) is 0 Å². The van der Waals surface area contributed by atoms with Crippen LogP contribution in [0.3, 0.4) is 0 Å². The molecule has 1 N–H and O–H groups in total. The van der Waals surface area contributed by atoms with Gasteiger partial charge in [0.15, 0.2) is 0 Å². The van der Waals surface area contributed by atoms with Crippen molar-refractivity contribution in [2.75, 3.05) is 18.4 Å². The van der Waals surface area contributed by atoms with Crippen LogP contribution in [-0.2, 0) is 11.3 Å². The van der Waals surface area contributed by atoms with Gasteiger partial charge in [-0.3, -0.25) is 0 Å². The van der Waals surface area contributed by atoms with Crippen LogP contribution >= 0.6 is 0 Å². The van der Waals surface area contributed by atoms with E-state index < -0.39 is 0 Å². The third-order valence-electron chi connectivity index (χ3n) is 4.56. The molecule has 2 aromatic rings. The van der Waals surface area contributed by atoms with Gasteiger partial charge in [-0.25, -0.2) is 4.79 Å². The normalized spacial score (nSPS) is 15.6. The van der Waals surface area contributed by atoms with E-state index in [0.29, 0.717) is 12.6 Å². The van der Waals surface area contributed by atoms with Crippen LogP contribution in [0.25, 0.3) is 0 Å². The van der Waals surface area contributed by atoms with Gasteiger partial charge < -0.3 is 19.5 Å². The highest BCUT2D eigenvalue weighted by Crippen LogP contribution is 2.23. The fourth-order valence-electron chi connectivity index (χ4n) is 3.16. The highest BCUT2D eigenvalue weighted by Gasteiger charge is 2.23. The Bertz CT molecular complexity index is 674. The molecular weight excluding hydrogens is 314 g/mol. The molecule has 0 saturated carbocycles. The summed E-state index contributed by atoms with van der Waals surface area (Å²) < 4.78 is 7.87. The zero-order valence-electron chi connectivity index (χ0n) is 15.0. The first-order valence-corrected chi connectivity index (χ1v) is 9.01. The monoisotopic (exact) mass is 341 g/mol. The number of hydrogen-bond acceptors (Lipinski definition) is 2. The van der Waals surface area contributed by atoms with Crippen molar-refractivity contribution in [2.24, 2.45) is 0 Å². The molecule has 0 radical (unpaired) electrons. The molecule has 1 aliphatic heterocycles. The zero-order chi connectivity index (χ0) is 17.6. The molecule has 0 bridgehead atoms. The number of nitrogens with zero attached hydrogens (tertiary/aromatic N) is 2. The second kappa shape index (κ2) is 8.21. The number of likely N-dealkylation sites (tertiary alicyclic amines) is 1. The van der Waals surface area contributed by atoms with Crippen molar-refractivity contribution in [3.8, 4) is 0 Å². The first-order chi connectivity index (χ1) is 12.1. The van der Waals surface area contributed by atoms with Crippen LogP contribution in [-0.4, -0.2) is 34.7 Å². The minimum absolute atomic E-state index is 0.0205. The first-order valence-electron chi connectivity index (χ1n) is 9.01. The van der Waals surface area contributed by atoms with E-state index in [2.05, 4.69) is 34.4 Å². The van der Waals surface area contributed by atoms with Crippen LogP contribution < -0.4 is 5.32 Å². The number of ether oxygens (including phenoxy) is 1. The molecule has 2 heterocycles. The van der Waals surface area contributed by atoms with Gasteiger partial charge >= 0.3 is 6.03 Å². The Balaban J connectivity index is 1.52. The Labute approximate surface area is 149 Å². The lowest BCUT2D eigenvalue weighted by Gasteiger charge is -2.32. The van der Waals surface area contributed by atoms with Crippen LogP contribution in [0, 0.1) is 0 Å². The number of carbonyl (C=O) groups excluding carboxylic acids is 1. The largest absolute Gasteiger partial charge is 0.374 e. The number of amides is 2. The quantitative estimate of drug-likeness (QED) is 0.882. The topological polar surface area (TPSA) is 46.5 Å². The summed E-state index contributed by atoms with van der Waals surface area (Å²) in [5.41, 5.74) is 1.89. The predicted octanol–water partition coefficient (Wildman–Crippen LogP) is 4.28. The molecule has 1 aliphatic rings. The lowest BCUT2D eigenvalue weighted by atomic mass is 10.1. The summed E-state index contributed by atoms with van der Waals surface area (Å²) in [5, 5.41) is 3.01. The smallest absolute Gasteiger partial charge is 0.321 e. The van der Waals surface area contributed by atoms with Gasteiger partial charge in [-0.15, -0.1) is 0 Å². The summed E-state index contributed by atoms with van der Waals surface area (Å²) in [6.45, 7) is 6.16. The lowest BCUT2D eigenvalue weighted by Crippen LogP contribution is -2.41. The highest BCUT2D eigenvalue weighted by atomic mass is 16.5. The van der Waals surface area contributed by atoms with Crippen molar-refractivity contribution in [3.05, 3.63) is 54.4 Å². The molecule has 2 amide bonds. The summed E-state index contributed by atoms with van der Waals surface area (Å²) in [6, 6.07) is 12.4. The van der Waals surface area contributed by atoms with Crippen molar-refractivity contribution in [2.45, 2.75) is 45.4 Å². The van der Waals surface area contributed by atoms with E-state index in [1.54, 1.807) is 0 Å². The summed E-state index contributed by atoms with van der Waals surface area (Å²) >= 11 is 0. The minimum atomic E-state index is -0.0205. The summed E-state index contributed by atoms with van der Waals surface area (Å²) in [5.74, 6) is 0. The Morgan fingerprint density at radius 1 is 1.20 bits per heavy atom. The van der Waals surface area contributed by atoms with E-state index >= 15 is 0 Å². The summed E-state index contributed by atoms with van der Waals surface area (Å²) in [4.78, 5) is 14.4. The van der Waals surface area contributed by atoms with Crippen molar-refractivity contribution in [1.29, 1.82) is 0 Å². The molecule has 0 spiro atoms. The van der Waals surface area contributed by atoms with E-state index in [9.17, 15) is 4.79 Å². The van der Waals surface area contributed by atoms with Gasteiger partial charge in [0.25, 0.3) is 0 Å². The molecule has 1 aromatic heterocycles. The van der Waals surface area contributed by atoms with E-state index in [1.807, 2.05) is 43.0 Å². The standard InChI is InChI=1S/C20H27N3O2/c1-16(2)25-15-17-6-5-7-18(14-17)21-20(24)23-12-8-19(9-13-23)22-10-3-4-11-22/h3-7,10-11,14,16,19H,8-9,12-13,15H2,1-2H3,(H,21,24). The number of piperidine rings is 1. The van der Waals surface area contributed by atoms with E-state index in [4.69, 9.17) is 4.74 Å². The summed E-state index contributed by atoms with van der Waals surface area (Å²) in [6.07, 6.45) is 6.38. The van der Waals surface area contributed by atoms with Gasteiger partial charge in [-0.1, -0.05) is 12.1 Å². The number of anilines is 1. The Kier molecular flexibility index (Phi) is 5.76. The van der Waals surface area contributed by atoms with Crippen LogP contribution in [0.1, 0.15) is 38.3 Å². The SMILES string of the molecule is CC(C)OCc1cccc(NC(=O)N2CCC(n3cccc3)CC2)c1. The number of aromatic nitrogens is 1. The molecule has 5 nitrogen and oxygen atoms in total. The Morgan fingerprint density at radius 3 is 2.60 bits per heavy atom. The van der Waals surface area contributed by atoms with Crippen LogP contribution in [0.5, 0.6) is 0 Å². The Morgan fingerprint density at radius 2 is 1.92 bits per heavy atom. The van der Waals surface area contributed by atoms with Gasteiger partial charge in [-0.2, -0.15) is 0 Å². The molecule has 0 aliphatic carbocycles. The number of benzene rings is 1. The van der Waals surface area contributed by atoms with E-state index in [-0.39, 0.29) is 12.1 Å². The van der Waals surface area contributed by atoms with Gasteiger partial charge in [0.2, 0.25) is 0 Å². The third-order valence-corrected chi connectivity index (χ3v) is 4.56. The number of hydrogen-bond donors (Lipinski definition) is 1. The molecule has 5 heteroatoms. The minimum Gasteiger partial charge on any atom is -0.374 e. The highest BCUT2D eigenvalue weighted by molar-refractivity contribution is 5.89. The van der Waals surface area contributed by atoms with Crippen molar-refractivity contribution in [1.82, 2.24) is 9.47 Å². The first kappa shape index (κ1) is 17.5. The maximum absolute atomic E-state index is 12.5. The second-order valence-electron chi connectivity index (χ2n) is 6.84. The molecule has 0 unspecified atom stereocenters. The maximum atomic E-state index is 12.5. The fraction of sp³-hybridized carbons (Fsp3) is 0.450. The second-order valence-corrected chi connectivity index (χ2v) is 6.84. The molecular formula is C20H27N3O2. The van der Waals surface area contributed by atoms with Crippen LogP contribution in [0.2, 0.25) is 0 Å². The molecule has 1 fully saturated rings. The molecule has 134 valence electrons. The number of urea groups is 1. The molecule has 25 heavy (non-hydrogen) atoms. The zero-order valence-corrected chi connectivity index (χ0v) is 15.0. The van der Waals surface area contributed by atoms with Crippen molar-refractivity contribution in [3.63, 3.8) is 0 Å². The lowest BCUT2D eigenvalue weighted by molar-refractivity contribution is 0.0657. The van der Waals surface area contributed by atoms with E-state index in [0.717, 1.165) is 37.2 Å². The van der Waals surface area contributed by atoms with Crippen molar-refractivity contribution >= 4 is 11.7 Å². The number of carbonyl (C=O) groups is 1. The van der Waals surface area contributed by atoms with Gasteiger partial charge in [-0.05, 0) is 56.5 Å². The molecule has 3 rings (SSSR count). The molecule has 1 saturated heterocycles. The average Bonchev–Trinajstić information content (AvgIpc) is 3.15. The van der Waals surface area contributed by atoms with Crippen molar-refractivity contribution < 1.29 is 9.53 Å². The van der Waals surface area contributed by atoms with Gasteiger partial charge in [0.1, 0.15) is 0 Å². The van der Waals surface area contributed by atoms with Gasteiger partial charge in [0, 0.05) is 37.2 Å². The number of rotatable bonds is 5. The molecule has 1 aromatic carbocycles.